The largest absolute Gasteiger partial charge is 0.320 e. The summed E-state index contributed by atoms with van der Waals surface area (Å²) in [5, 5.41) is 0. The Balaban J connectivity index is 2.11. The molecule has 1 atom stereocenters. The van der Waals surface area contributed by atoms with Gasteiger partial charge in [-0.2, -0.15) is 0 Å². The van der Waals surface area contributed by atoms with Crippen LogP contribution in [0.15, 0.2) is 53.4 Å². The topological polar surface area (TPSA) is 46.3 Å². The number of anilines is 1. The fourth-order valence-electron chi connectivity index (χ4n) is 2.65. The second-order valence-corrected chi connectivity index (χ2v) is 7.29. The smallest absolute Gasteiger partial charge is 0.243 e. The lowest BCUT2D eigenvalue weighted by Crippen LogP contribution is -2.42. The number of hydrogen-bond acceptors (Lipinski definition) is 3. The molecule has 0 radical (unpaired) electrons. The van der Waals surface area contributed by atoms with Crippen molar-refractivity contribution in [2.45, 2.75) is 31.2 Å². The van der Waals surface area contributed by atoms with Gasteiger partial charge in [-0.1, -0.05) is 38.1 Å². The van der Waals surface area contributed by atoms with E-state index < -0.39 is 6.04 Å². The summed E-state index contributed by atoms with van der Waals surface area (Å²) in [4.78, 5) is 15.3. The van der Waals surface area contributed by atoms with Crippen LogP contribution in [0.4, 0.5) is 5.69 Å². The van der Waals surface area contributed by atoms with E-state index in [4.69, 9.17) is 5.73 Å². The Morgan fingerprint density at radius 1 is 1.04 bits per heavy atom. The first kappa shape index (κ1) is 18.6. The predicted octanol–water partition coefficient (Wildman–Crippen LogP) is 4.41. The Morgan fingerprint density at radius 2 is 1.54 bits per heavy atom. The Bertz CT molecular complexity index is 665. The summed E-state index contributed by atoms with van der Waals surface area (Å²) in [5.74, 6) is 0.366. The summed E-state index contributed by atoms with van der Waals surface area (Å²) >= 11 is 1.73. The standard InChI is InChI=1S/C20H26N2OS/c1-14(2)13-19(21)20(23)22(3)17-9-5-15(6-10-17)16-7-11-18(24-4)12-8-16/h5-12,14,19H,13,21H2,1-4H3/t19-/m0/s1. The zero-order chi connectivity index (χ0) is 17.7. The van der Waals surface area contributed by atoms with E-state index in [1.54, 1.807) is 23.7 Å². The third-order valence-electron chi connectivity index (χ3n) is 4.05. The second kappa shape index (κ2) is 8.36. The van der Waals surface area contributed by atoms with Gasteiger partial charge in [0.2, 0.25) is 5.91 Å². The molecule has 2 aromatic rings. The Hall–Kier alpha value is -1.78. The number of likely N-dealkylation sites (N-methyl/N-ethyl adjacent to an activating group) is 1. The maximum atomic E-state index is 12.4. The van der Waals surface area contributed by atoms with Gasteiger partial charge in [0.05, 0.1) is 6.04 Å². The number of nitrogens with two attached hydrogens (primary N) is 1. The quantitative estimate of drug-likeness (QED) is 0.791. The molecule has 128 valence electrons. The number of benzene rings is 2. The van der Waals surface area contributed by atoms with E-state index in [0.29, 0.717) is 12.3 Å². The number of thioether (sulfide) groups is 1. The molecule has 24 heavy (non-hydrogen) atoms. The van der Waals surface area contributed by atoms with Crippen LogP contribution in [0.25, 0.3) is 11.1 Å². The monoisotopic (exact) mass is 342 g/mol. The SMILES string of the molecule is CSc1ccc(-c2ccc(N(C)C(=O)[C@@H](N)CC(C)C)cc2)cc1. The van der Waals surface area contributed by atoms with Gasteiger partial charge in [0.15, 0.2) is 0 Å². The lowest BCUT2D eigenvalue weighted by Gasteiger charge is -2.22. The molecule has 0 aliphatic heterocycles. The molecule has 0 saturated carbocycles. The Labute approximate surface area is 149 Å². The molecular formula is C20H26N2OS. The minimum atomic E-state index is -0.450. The number of amides is 1. The summed E-state index contributed by atoms with van der Waals surface area (Å²) in [6.07, 6.45) is 2.77. The summed E-state index contributed by atoms with van der Waals surface area (Å²) in [6.45, 7) is 4.15. The molecule has 4 heteroatoms. The lowest BCUT2D eigenvalue weighted by atomic mass is 10.0. The van der Waals surface area contributed by atoms with Crippen LogP contribution in [0.1, 0.15) is 20.3 Å². The molecule has 0 aliphatic carbocycles. The summed E-state index contributed by atoms with van der Waals surface area (Å²) in [6, 6.07) is 16.1. The molecule has 2 rings (SSSR count). The molecular weight excluding hydrogens is 316 g/mol. The molecule has 2 aromatic carbocycles. The first-order valence-electron chi connectivity index (χ1n) is 8.20. The predicted molar refractivity (Wildman–Crippen MR) is 104 cm³/mol. The van der Waals surface area contributed by atoms with Crippen LogP contribution in [0.3, 0.4) is 0 Å². The van der Waals surface area contributed by atoms with E-state index in [2.05, 4.69) is 44.4 Å². The molecule has 0 unspecified atom stereocenters. The van der Waals surface area contributed by atoms with Crippen LogP contribution in [0, 0.1) is 5.92 Å². The van der Waals surface area contributed by atoms with Gasteiger partial charge in [0.1, 0.15) is 0 Å². The number of carbonyl (C=O) groups is 1. The van der Waals surface area contributed by atoms with Gasteiger partial charge in [0, 0.05) is 17.6 Å². The zero-order valence-corrected chi connectivity index (χ0v) is 15.6. The number of rotatable bonds is 6. The van der Waals surface area contributed by atoms with Crippen molar-refractivity contribution in [1.82, 2.24) is 0 Å². The summed E-state index contributed by atoms with van der Waals surface area (Å²) < 4.78 is 0. The third kappa shape index (κ3) is 4.62. The van der Waals surface area contributed by atoms with E-state index in [-0.39, 0.29) is 5.91 Å². The average molecular weight is 343 g/mol. The molecule has 0 fully saturated rings. The minimum absolute atomic E-state index is 0.0410. The van der Waals surface area contributed by atoms with Crippen molar-refractivity contribution >= 4 is 23.4 Å². The van der Waals surface area contributed by atoms with Crippen LogP contribution in [-0.4, -0.2) is 25.3 Å². The van der Waals surface area contributed by atoms with Crippen molar-refractivity contribution in [3.05, 3.63) is 48.5 Å². The molecule has 0 bridgehead atoms. The normalized spacial score (nSPS) is 12.2. The van der Waals surface area contributed by atoms with E-state index in [0.717, 1.165) is 11.3 Å². The first-order valence-corrected chi connectivity index (χ1v) is 9.42. The maximum Gasteiger partial charge on any atom is 0.243 e. The molecule has 0 aromatic heterocycles. The summed E-state index contributed by atoms with van der Waals surface area (Å²) in [7, 11) is 1.78. The van der Waals surface area contributed by atoms with Gasteiger partial charge in [-0.25, -0.2) is 0 Å². The van der Waals surface area contributed by atoms with Crippen molar-refractivity contribution in [2.75, 3.05) is 18.2 Å². The molecule has 0 saturated heterocycles. The van der Waals surface area contributed by atoms with E-state index in [1.165, 1.54) is 10.5 Å². The molecule has 0 heterocycles. The fraction of sp³-hybridized carbons (Fsp3) is 0.350. The van der Waals surface area contributed by atoms with Gasteiger partial charge in [-0.3, -0.25) is 4.79 Å². The highest BCUT2D eigenvalue weighted by molar-refractivity contribution is 7.98. The lowest BCUT2D eigenvalue weighted by molar-refractivity contribution is -0.119. The van der Waals surface area contributed by atoms with E-state index in [1.807, 2.05) is 24.3 Å². The number of nitrogens with zero attached hydrogens (tertiary/aromatic N) is 1. The van der Waals surface area contributed by atoms with Crippen LogP contribution in [0.5, 0.6) is 0 Å². The molecule has 1 amide bonds. The minimum Gasteiger partial charge on any atom is -0.320 e. The number of hydrogen-bond donors (Lipinski definition) is 1. The average Bonchev–Trinajstić information content (AvgIpc) is 2.60. The van der Waals surface area contributed by atoms with Crippen LogP contribution in [0.2, 0.25) is 0 Å². The fourth-order valence-corrected chi connectivity index (χ4v) is 3.05. The van der Waals surface area contributed by atoms with Crippen LogP contribution >= 0.6 is 11.8 Å². The van der Waals surface area contributed by atoms with Gasteiger partial charge >= 0.3 is 0 Å². The molecule has 0 spiro atoms. The molecule has 0 aliphatic rings. The highest BCUT2D eigenvalue weighted by Crippen LogP contribution is 2.25. The van der Waals surface area contributed by atoms with Crippen LogP contribution in [-0.2, 0) is 4.79 Å². The van der Waals surface area contributed by atoms with Gasteiger partial charge < -0.3 is 10.6 Å². The number of carbonyl (C=O) groups excluding carboxylic acids is 1. The van der Waals surface area contributed by atoms with Gasteiger partial charge in [-0.05, 0) is 54.0 Å². The van der Waals surface area contributed by atoms with Crippen molar-refractivity contribution < 1.29 is 4.79 Å². The van der Waals surface area contributed by atoms with E-state index >= 15 is 0 Å². The van der Waals surface area contributed by atoms with Crippen molar-refractivity contribution in [1.29, 1.82) is 0 Å². The summed E-state index contributed by atoms with van der Waals surface area (Å²) in [5.41, 5.74) is 9.18. The highest BCUT2D eigenvalue weighted by atomic mass is 32.2. The van der Waals surface area contributed by atoms with Crippen LogP contribution < -0.4 is 10.6 Å². The highest BCUT2D eigenvalue weighted by Gasteiger charge is 2.20. The third-order valence-corrected chi connectivity index (χ3v) is 4.79. The van der Waals surface area contributed by atoms with Gasteiger partial charge in [-0.15, -0.1) is 11.8 Å². The zero-order valence-electron chi connectivity index (χ0n) is 14.8. The van der Waals surface area contributed by atoms with E-state index in [9.17, 15) is 4.79 Å². The first-order chi connectivity index (χ1) is 11.4. The molecule has 3 nitrogen and oxygen atoms in total. The molecule has 2 N–H and O–H groups in total. The second-order valence-electron chi connectivity index (χ2n) is 6.41. The van der Waals surface area contributed by atoms with Crippen molar-refractivity contribution in [2.24, 2.45) is 11.7 Å². The van der Waals surface area contributed by atoms with Crippen molar-refractivity contribution in [3.63, 3.8) is 0 Å². The Morgan fingerprint density at radius 3 is 2.00 bits per heavy atom. The van der Waals surface area contributed by atoms with Gasteiger partial charge in [0.25, 0.3) is 0 Å². The Kier molecular flexibility index (Phi) is 6.46. The van der Waals surface area contributed by atoms with Crippen molar-refractivity contribution in [3.8, 4) is 11.1 Å². The maximum absolute atomic E-state index is 12.4.